The average molecular weight is 380 g/mol. The largest absolute Gasteiger partial charge is 0.489 e. The molecule has 28 heavy (non-hydrogen) atoms. The Kier molecular flexibility index (Phi) is 8.14. The summed E-state index contributed by atoms with van der Waals surface area (Å²) in [7, 11) is 1.00. The van der Waals surface area contributed by atoms with Gasteiger partial charge in [-0.05, 0) is 29.8 Å². The Labute approximate surface area is 164 Å². The zero-order valence-electron chi connectivity index (χ0n) is 15.7. The van der Waals surface area contributed by atoms with Crippen molar-refractivity contribution in [2.45, 2.75) is 19.6 Å². The molecule has 0 saturated carbocycles. The molecule has 0 saturated heterocycles. The van der Waals surface area contributed by atoms with Gasteiger partial charge in [-0.2, -0.15) is 0 Å². The second kappa shape index (κ2) is 10.8. The minimum absolute atomic E-state index is 0.0635. The molecule has 6 heteroatoms. The number of nitrogens with two attached hydrogens (primary N) is 1. The van der Waals surface area contributed by atoms with Crippen molar-refractivity contribution in [3.05, 3.63) is 83.6 Å². The standard InChI is InChI=1S/C21H20N2O3.CH4O/c22-13-18-8-4-9-19(23-18)16-7-3-5-15(11-16)14-26-20-10-2-1-6-17(20)12-21(24)25;1-2/h1-11H,12-14,22H2,(H,24,25);2H,1H3. The van der Waals surface area contributed by atoms with Crippen molar-refractivity contribution in [2.24, 2.45) is 5.73 Å². The van der Waals surface area contributed by atoms with Crippen LogP contribution in [0.2, 0.25) is 0 Å². The molecular weight excluding hydrogens is 356 g/mol. The Morgan fingerprint density at radius 3 is 2.54 bits per heavy atom. The number of hydrogen-bond donors (Lipinski definition) is 3. The number of carboxylic acid groups (broad SMARTS) is 1. The van der Waals surface area contributed by atoms with Crippen LogP contribution in [-0.4, -0.2) is 28.3 Å². The molecule has 6 nitrogen and oxygen atoms in total. The third-order valence-corrected chi connectivity index (χ3v) is 3.95. The van der Waals surface area contributed by atoms with Crippen molar-refractivity contribution in [3.63, 3.8) is 0 Å². The molecule has 0 aliphatic carbocycles. The number of nitrogens with zero attached hydrogens (tertiary/aromatic N) is 1. The van der Waals surface area contributed by atoms with E-state index < -0.39 is 5.97 Å². The molecule has 0 atom stereocenters. The van der Waals surface area contributed by atoms with Gasteiger partial charge in [0, 0.05) is 24.8 Å². The summed E-state index contributed by atoms with van der Waals surface area (Å²) in [4.78, 5) is 15.5. The smallest absolute Gasteiger partial charge is 0.307 e. The van der Waals surface area contributed by atoms with E-state index in [1.54, 1.807) is 12.1 Å². The molecular formula is C22H24N2O4. The van der Waals surface area contributed by atoms with E-state index in [9.17, 15) is 4.79 Å². The van der Waals surface area contributed by atoms with Crippen LogP contribution in [0.1, 0.15) is 16.8 Å². The molecule has 0 spiro atoms. The van der Waals surface area contributed by atoms with E-state index in [0.29, 0.717) is 24.5 Å². The van der Waals surface area contributed by atoms with Crippen molar-refractivity contribution in [2.75, 3.05) is 7.11 Å². The second-order valence-electron chi connectivity index (χ2n) is 5.89. The number of aliphatic hydroxyl groups is 1. The monoisotopic (exact) mass is 380 g/mol. The van der Waals surface area contributed by atoms with Crippen molar-refractivity contribution in [1.82, 2.24) is 4.98 Å². The summed E-state index contributed by atoms with van der Waals surface area (Å²) in [6.45, 7) is 0.748. The fourth-order valence-electron chi connectivity index (χ4n) is 2.69. The lowest BCUT2D eigenvalue weighted by Crippen LogP contribution is -2.04. The first kappa shape index (κ1) is 21.1. The molecule has 3 aromatic rings. The summed E-state index contributed by atoms with van der Waals surface area (Å²) in [5.74, 6) is -0.294. The summed E-state index contributed by atoms with van der Waals surface area (Å²) in [6.07, 6.45) is -0.0635. The molecule has 146 valence electrons. The lowest BCUT2D eigenvalue weighted by molar-refractivity contribution is -0.136. The summed E-state index contributed by atoms with van der Waals surface area (Å²) in [6, 6.07) is 20.9. The molecule has 0 bridgehead atoms. The predicted molar refractivity (Wildman–Crippen MR) is 108 cm³/mol. The number of pyridine rings is 1. The van der Waals surface area contributed by atoms with Crippen molar-refractivity contribution >= 4 is 5.97 Å². The number of hydrogen-bond acceptors (Lipinski definition) is 5. The van der Waals surface area contributed by atoms with E-state index in [0.717, 1.165) is 29.6 Å². The lowest BCUT2D eigenvalue weighted by Gasteiger charge is -2.11. The van der Waals surface area contributed by atoms with Crippen LogP contribution in [0.3, 0.4) is 0 Å². The van der Waals surface area contributed by atoms with Gasteiger partial charge >= 0.3 is 5.97 Å². The third kappa shape index (κ3) is 5.90. The van der Waals surface area contributed by atoms with Crippen LogP contribution in [0.4, 0.5) is 0 Å². The van der Waals surface area contributed by atoms with Gasteiger partial charge in [-0.25, -0.2) is 0 Å². The number of carbonyl (C=O) groups is 1. The zero-order chi connectivity index (χ0) is 20.4. The summed E-state index contributed by atoms with van der Waals surface area (Å²) in [5.41, 5.74) is 9.99. The minimum atomic E-state index is -0.881. The number of para-hydroxylation sites is 1. The van der Waals surface area contributed by atoms with Gasteiger partial charge in [0.1, 0.15) is 12.4 Å². The highest BCUT2D eigenvalue weighted by molar-refractivity contribution is 5.71. The van der Waals surface area contributed by atoms with Gasteiger partial charge in [-0.1, -0.05) is 42.5 Å². The molecule has 0 aliphatic rings. The van der Waals surface area contributed by atoms with Crippen LogP contribution >= 0.6 is 0 Å². The van der Waals surface area contributed by atoms with E-state index in [4.69, 9.17) is 20.7 Å². The fraction of sp³-hybridized carbons (Fsp3) is 0.182. The Balaban J connectivity index is 0.00000136. The van der Waals surface area contributed by atoms with Gasteiger partial charge in [0.05, 0.1) is 17.8 Å². The molecule has 1 aromatic heterocycles. The number of aliphatic hydroxyl groups excluding tert-OH is 1. The number of rotatable bonds is 7. The maximum Gasteiger partial charge on any atom is 0.307 e. The molecule has 4 N–H and O–H groups in total. The van der Waals surface area contributed by atoms with E-state index in [2.05, 4.69) is 4.98 Å². The highest BCUT2D eigenvalue weighted by Crippen LogP contribution is 2.22. The quantitative estimate of drug-likeness (QED) is 0.582. The number of aromatic nitrogens is 1. The minimum Gasteiger partial charge on any atom is -0.489 e. The van der Waals surface area contributed by atoms with Gasteiger partial charge in [0.25, 0.3) is 0 Å². The number of aliphatic carboxylic acids is 1. The molecule has 2 aromatic carbocycles. The third-order valence-electron chi connectivity index (χ3n) is 3.95. The van der Waals surface area contributed by atoms with E-state index in [-0.39, 0.29) is 6.42 Å². The number of carboxylic acids is 1. The van der Waals surface area contributed by atoms with Gasteiger partial charge < -0.3 is 20.7 Å². The van der Waals surface area contributed by atoms with E-state index >= 15 is 0 Å². The SMILES string of the molecule is CO.NCc1cccc(-c2cccc(COc3ccccc3CC(=O)O)c2)n1. The lowest BCUT2D eigenvalue weighted by atomic mass is 10.1. The van der Waals surface area contributed by atoms with E-state index in [1.165, 1.54) is 0 Å². The van der Waals surface area contributed by atoms with Gasteiger partial charge in [0.2, 0.25) is 0 Å². The highest BCUT2D eigenvalue weighted by Gasteiger charge is 2.08. The van der Waals surface area contributed by atoms with E-state index in [1.807, 2.05) is 54.6 Å². The molecule has 0 unspecified atom stereocenters. The molecule has 0 radical (unpaired) electrons. The summed E-state index contributed by atoms with van der Waals surface area (Å²) < 4.78 is 5.86. The summed E-state index contributed by atoms with van der Waals surface area (Å²) in [5, 5.41) is 16.0. The van der Waals surface area contributed by atoms with Crippen LogP contribution < -0.4 is 10.5 Å². The molecule has 0 fully saturated rings. The maximum atomic E-state index is 11.0. The predicted octanol–water partition coefficient (Wildman–Crippen LogP) is 3.02. The highest BCUT2D eigenvalue weighted by atomic mass is 16.5. The molecule has 1 heterocycles. The topological polar surface area (TPSA) is 106 Å². The first-order valence-electron chi connectivity index (χ1n) is 8.78. The van der Waals surface area contributed by atoms with Gasteiger partial charge in [0.15, 0.2) is 0 Å². The van der Waals surface area contributed by atoms with Crippen molar-refractivity contribution in [1.29, 1.82) is 0 Å². The Morgan fingerprint density at radius 2 is 1.79 bits per heavy atom. The molecule has 3 rings (SSSR count). The first-order valence-corrected chi connectivity index (χ1v) is 8.78. The Bertz CT molecular complexity index is 912. The Hall–Kier alpha value is -3.22. The summed E-state index contributed by atoms with van der Waals surface area (Å²) >= 11 is 0. The normalized spacial score (nSPS) is 9.96. The molecule has 0 amide bonds. The second-order valence-corrected chi connectivity index (χ2v) is 5.89. The van der Waals surface area contributed by atoms with Crippen LogP contribution in [0.5, 0.6) is 5.75 Å². The van der Waals surface area contributed by atoms with Crippen LogP contribution in [0.25, 0.3) is 11.3 Å². The fourth-order valence-corrected chi connectivity index (χ4v) is 2.69. The maximum absolute atomic E-state index is 11.0. The first-order chi connectivity index (χ1) is 13.7. The average Bonchev–Trinajstić information content (AvgIpc) is 2.74. The molecule has 0 aliphatic heterocycles. The van der Waals surface area contributed by atoms with Crippen LogP contribution in [0, 0.1) is 0 Å². The van der Waals surface area contributed by atoms with Gasteiger partial charge in [-0.15, -0.1) is 0 Å². The number of ether oxygens (including phenoxy) is 1. The number of benzene rings is 2. The van der Waals surface area contributed by atoms with Crippen molar-refractivity contribution in [3.8, 4) is 17.0 Å². The van der Waals surface area contributed by atoms with Gasteiger partial charge in [-0.3, -0.25) is 9.78 Å². The van der Waals surface area contributed by atoms with Crippen LogP contribution in [-0.2, 0) is 24.4 Å². The van der Waals surface area contributed by atoms with Crippen molar-refractivity contribution < 1.29 is 19.7 Å². The zero-order valence-corrected chi connectivity index (χ0v) is 15.7. The van der Waals surface area contributed by atoms with Crippen LogP contribution in [0.15, 0.2) is 66.7 Å². The Morgan fingerprint density at radius 1 is 1.04 bits per heavy atom.